The molecule has 3 heterocycles. The van der Waals surface area contributed by atoms with Gasteiger partial charge in [0, 0.05) is 43.0 Å². The Balaban J connectivity index is 1.41. The maximum Gasteiger partial charge on any atom is 0.252 e. The van der Waals surface area contributed by atoms with Gasteiger partial charge < -0.3 is 9.47 Å². The van der Waals surface area contributed by atoms with Gasteiger partial charge in [0.2, 0.25) is 0 Å². The number of para-hydroxylation sites is 1. The summed E-state index contributed by atoms with van der Waals surface area (Å²) in [6.07, 6.45) is 0. The molecule has 2 aromatic heterocycles. The predicted molar refractivity (Wildman–Crippen MR) is 124 cm³/mol. The average molecular weight is 480 g/mol. The van der Waals surface area contributed by atoms with Crippen LogP contribution in [0.5, 0.6) is 11.5 Å². The zero-order valence-corrected chi connectivity index (χ0v) is 20.1. The van der Waals surface area contributed by atoms with Gasteiger partial charge in [0.05, 0.1) is 25.5 Å². The number of nitrogens with zero attached hydrogens (tertiary/aromatic N) is 3. The van der Waals surface area contributed by atoms with Crippen LogP contribution in [-0.4, -0.2) is 63.0 Å². The van der Waals surface area contributed by atoms with Crippen LogP contribution in [-0.2, 0) is 16.6 Å². The summed E-state index contributed by atoms with van der Waals surface area (Å²) in [5.74, 6) is 1.35. The van der Waals surface area contributed by atoms with Gasteiger partial charge in [-0.15, -0.1) is 22.7 Å². The van der Waals surface area contributed by atoms with E-state index in [1.165, 1.54) is 11.3 Å². The van der Waals surface area contributed by atoms with E-state index in [0.29, 0.717) is 48.4 Å². The summed E-state index contributed by atoms with van der Waals surface area (Å²) in [6, 6.07) is 9.31. The highest BCUT2D eigenvalue weighted by Gasteiger charge is 2.29. The van der Waals surface area contributed by atoms with Gasteiger partial charge in [-0.25, -0.2) is 13.4 Å². The number of thiazole rings is 1. The van der Waals surface area contributed by atoms with E-state index in [1.807, 2.05) is 36.6 Å². The lowest BCUT2D eigenvalue weighted by atomic mass is 10.2. The molecule has 1 fully saturated rings. The fraction of sp³-hybridized carbons (Fsp3) is 0.381. The molecule has 1 aromatic carbocycles. The van der Waals surface area contributed by atoms with Gasteiger partial charge in [-0.1, -0.05) is 6.07 Å². The Morgan fingerprint density at radius 1 is 1.06 bits per heavy atom. The Kier molecular flexibility index (Phi) is 6.63. The van der Waals surface area contributed by atoms with Crippen LogP contribution in [0.3, 0.4) is 0 Å². The minimum absolute atomic E-state index is 0.426. The average Bonchev–Trinajstić information content (AvgIpc) is 3.43. The molecular weight excluding hydrogens is 454 g/mol. The van der Waals surface area contributed by atoms with Gasteiger partial charge in [-0.2, -0.15) is 4.31 Å². The molecule has 0 radical (unpaired) electrons. The Morgan fingerprint density at radius 2 is 1.84 bits per heavy atom. The maximum atomic E-state index is 12.8. The van der Waals surface area contributed by atoms with Crippen LogP contribution < -0.4 is 9.47 Å². The van der Waals surface area contributed by atoms with Crippen LogP contribution in [0.25, 0.3) is 10.6 Å². The lowest BCUT2D eigenvalue weighted by molar-refractivity contribution is 0.180. The molecule has 10 heteroatoms. The van der Waals surface area contributed by atoms with Gasteiger partial charge in [0.1, 0.15) is 9.22 Å². The van der Waals surface area contributed by atoms with Crippen LogP contribution in [0, 0.1) is 6.92 Å². The number of thiophene rings is 1. The van der Waals surface area contributed by atoms with E-state index in [9.17, 15) is 8.42 Å². The minimum Gasteiger partial charge on any atom is -0.493 e. The first-order chi connectivity index (χ1) is 14.9. The first-order valence-corrected chi connectivity index (χ1v) is 13.0. The van der Waals surface area contributed by atoms with Crippen molar-refractivity contribution < 1.29 is 17.9 Å². The molecule has 0 aliphatic carbocycles. The summed E-state index contributed by atoms with van der Waals surface area (Å²) in [7, 11) is -0.153. The number of piperazine rings is 1. The second-order valence-electron chi connectivity index (χ2n) is 7.23. The Bertz CT molecular complexity index is 1150. The zero-order valence-electron chi connectivity index (χ0n) is 17.7. The number of sulfonamides is 1. The largest absolute Gasteiger partial charge is 0.493 e. The van der Waals surface area contributed by atoms with Gasteiger partial charge in [-0.3, -0.25) is 4.90 Å². The van der Waals surface area contributed by atoms with Crippen molar-refractivity contribution in [1.82, 2.24) is 14.2 Å². The predicted octanol–water partition coefficient (Wildman–Crippen LogP) is 3.70. The molecule has 1 aliphatic rings. The summed E-state index contributed by atoms with van der Waals surface area (Å²) < 4.78 is 38.6. The topological polar surface area (TPSA) is 72.0 Å². The van der Waals surface area contributed by atoms with Gasteiger partial charge in [-0.05, 0) is 31.2 Å². The van der Waals surface area contributed by atoms with Crippen molar-refractivity contribution in [2.24, 2.45) is 0 Å². The van der Waals surface area contributed by atoms with E-state index in [0.717, 1.165) is 21.1 Å². The highest BCUT2D eigenvalue weighted by Crippen LogP contribution is 2.39. The molecule has 0 amide bonds. The van der Waals surface area contributed by atoms with Crippen molar-refractivity contribution in [3.05, 3.63) is 46.3 Å². The third-order valence-electron chi connectivity index (χ3n) is 5.21. The van der Waals surface area contributed by atoms with E-state index in [1.54, 1.807) is 35.9 Å². The van der Waals surface area contributed by atoms with Crippen LogP contribution in [0.4, 0.5) is 0 Å². The summed E-state index contributed by atoms with van der Waals surface area (Å²) in [6.45, 7) is 4.94. The van der Waals surface area contributed by atoms with Crippen LogP contribution in [0.2, 0.25) is 0 Å². The van der Waals surface area contributed by atoms with Crippen molar-refractivity contribution in [1.29, 1.82) is 0 Å². The summed E-state index contributed by atoms with van der Waals surface area (Å²) >= 11 is 2.89. The van der Waals surface area contributed by atoms with E-state index >= 15 is 0 Å². The first-order valence-electron chi connectivity index (χ1n) is 9.87. The molecule has 3 aromatic rings. The molecular formula is C21H25N3O4S3. The molecule has 0 bridgehead atoms. The van der Waals surface area contributed by atoms with Gasteiger partial charge in [0.15, 0.2) is 11.5 Å². The van der Waals surface area contributed by atoms with E-state index in [2.05, 4.69) is 4.90 Å². The Morgan fingerprint density at radius 3 is 2.48 bits per heavy atom. The molecule has 0 unspecified atom stereocenters. The monoisotopic (exact) mass is 479 g/mol. The minimum atomic E-state index is -3.40. The van der Waals surface area contributed by atoms with Crippen molar-refractivity contribution in [2.75, 3.05) is 40.4 Å². The quantitative estimate of drug-likeness (QED) is 0.515. The number of rotatable bonds is 7. The lowest BCUT2D eigenvalue weighted by Crippen LogP contribution is -2.48. The number of ether oxygens (including phenoxy) is 2. The molecule has 31 heavy (non-hydrogen) atoms. The molecule has 0 spiro atoms. The van der Waals surface area contributed by atoms with Gasteiger partial charge in [0.25, 0.3) is 10.0 Å². The zero-order chi connectivity index (χ0) is 22.0. The van der Waals surface area contributed by atoms with E-state index < -0.39 is 10.0 Å². The number of benzene rings is 1. The number of aromatic nitrogens is 1. The molecule has 0 atom stereocenters. The van der Waals surface area contributed by atoms with E-state index in [4.69, 9.17) is 14.5 Å². The number of hydrogen-bond donors (Lipinski definition) is 0. The summed E-state index contributed by atoms with van der Waals surface area (Å²) in [4.78, 5) is 8.04. The van der Waals surface area contributed by atoms with E-state index in [-0.39, 0.29) is 0 Å². The highest BCUT2D eigenvalue weighted by atomic mass is 32.2. The maximum absolute atomic E-state index is 12.8. The molecule has 0 saturated carbocycles. The van der Waals surface area contributed by atoms with Crippen LogP contribution in [0.1, 0.15) is 10.6 Å². The molecule has 7 nitrogen and oxygen atoms in total. The number of methoxy groups -OCH3 is 2. The molecule has 166 valence electrons. The fourth-order valence-corrected chi connectivity index (χ4v) is 7.29. The smallest absolute Gasteiger partial charge is 0.252 e. The fourth-order valence-electron chi connectivity index (χ4n) is 3.59. The normalized spacial score (nSPS) is 15.8. The third-order valence-corrected chi connectivity index (χ3v) is 9.50. The highest BCUT2D eigenvalue weighted by molar-refractivity contribution is 7.91. The standard InChI is InChI=1S/C21H25N3O4S3/c1-15-7-8-19(30-15)31(25,26)24-11-9-23(10-12-24)13-16-14-29-21(22-16)17-5-4-6-18(27-2)20(17)28-3/h4-8,14H,9-13H2,1-3H3. The second kappa shape index (κ2) is 9.25. The van der Waals surface area contributed by atoms with Crippen LogP contribution >= 0.6 is 22.7 Å². The Labute approximate surface area is 190 Å². The molecule has 1 saturated heterocycles. The molecule has 4 rings (SSSR count). The Hall–Kier alpha value is -1.98. The first kappa shape index (κ1) is 22.2. The van der Waals surface area contributed by atoms with Crippen molar-refractivity contribution >= 4 is 32.7 Å². The van der Waals surface area contributed by atoms with Crippen molar-refractivity contribution in [3.8, 4) is 22.1 Å². The van der Waals surface area contributed by atoms with Gasteiger partial charge >= 0.3 is 0 Å². The molecule has 1 aliphatic heterocycles. The third kappa shape index (κ3) is 4.63. The summed E-state index contributed by atoms with van der Waals surface area (Å²) in [5.41, 5.74) is 1.87. The number of aryl methyl sites for hydroxylation is 1. The number of hydrogen-bond acceptors (Lipinski definition) is 8. The SMILES string of the molecule is COc1cccc(-c2nc(CN3CCN(S(=O)(=O)c4ccc(C)s4)CC3)cs2)c1OC. The lowest BCUT2D eigenvalue weighted by Gasteiger charge is -2.33. The second-order valence-corrected chi connectivity index (χ2v) is 11.5. The van der Waals surface area contributed by atoms with Crippen LogP contribution in [0.15, 0.2) is 39.9 Å². The molecule has 0 N–H and O–H groups in total. The van der Waals surface area contributed by atoms with Crippen molar-refractivity contribution in [3.63, 3.8) is 0 Å². The van der Waals surface area contributed by atoms with Crippen molar-refractivity contribution in [2.45, 2.75) is 17.7 Å². The summed E-state index contributed by atoms with van der Waals surface area (Å²) in [5, 5.41) is 2.92.